The molecule has 0 aliphatic heterocycles. The standard InChI is InChI=1S/C23H40O5/c1-26-21-16-18-23(28-3,17-12-8-7-11-15-22(25)27-2)20(21)14-10-6-4-5-9-13-19-24/h8,10,12,14,20-21,24H,4-7,9,11,13,15-19H2,1-3H3/t20-,21+,23?/m1/s1. The van der Waals surface area contributed by atoms with Gasteiger partial charge in [0.05, 0.1) is 18.8 Å². The number of aliphatic hydroxyl groups excluding tert-OH is 1. The predicted octanol–water partition coefficient (Wildman–Crippen LogP) is 4.59. The van der Waals surface area contributed by atoms with Crippen molar-refractivity contribution in [2.45, 2.75) is 82.3 Å². The average molecular weight is 397 g/mol. The third kappa shape index (κ3) is 8.46. The van der Waals surface area contributed by atoms with E-state index in [1.165, 1.54) is 7.11 Å². The molecule has 1 rings (SSSR count). The lowest BCUT2D eigenvalue weighted by atomic mass is 9.85. The molecule has 1 aliphatic carbocycles. The van der Waals surface area contributed by atoms with Crippen molar-refractivity contribution in [3.8, 4) is 0 Å². The smallest absolute Gasteiger partial charge is 0.305 e. The lowest BCUT2D eigenvalue weighted by molar-refractivity contribution is -0.140. The molecule has 0 aromatic heterocycles. The van der Waals surface area contributed by atoms with Crippen molar-refractivity contribution in [1.29, 1.82) is 0 Å². The maximum Gasteiger partial charge on any atom is 0.305 e. The molecule has 5 heteroatoms. The van der Waals surface area contributed by atoms with Gasteiger partial charge in [0.25, 0.3) is 0 Å². The summed E-state index contributed by atoms with van der Waals surface area (Å²) in [6, 6.07) is 0. The number of carbonyl (C=O) groups excluding carboxylic acids is 1. The average Bonchev–Trinajstić information content (AvgIpc) is 3.07. The summed E-state index contributed by atoms with van der Waals surface area (Å²) in [4.78, 5) is 11.2. The molecule has 1 aliphatic rings. The fourth-order valence-corrected chi connectivity index (χ4v) is 4.03. The Hall–Kier alpha value is -1.17. The van der Waals surface area contributed by atoms with E-state index in [4.69, 9.17) is 14.6 Å². The summed E-state index contributed by atoms with van der Waals surface area (Å²) in [6.45, 7) is 0.292. The number of ether oxygens (including phenoxy) is 3. The Labute approximate surface area is 171 Å². The summed E-state index contributed by atoms with van der Waals surface area (Å²) in [5.41, 5.74) is -0.215. The van der Waals surface area contributed by atoms with E-state index in [1.54, 1.807) is 14.2 Å². The number of unbranched alkanes of at least 4 members (excludes halogenated alkanes) is 5. The quantitative estimate of drug-likeness (QED) is 0.249. The van der Waals surface area contributed by atoms with Crippen LogP contribution in [0.1, 0.15) is 70.6 Å². The first kappa shape index (κ1) is 24.9. The van der Waals surface area contributed by atoms with Crippen LogP contribution in [0.25, 0.3) is 0 Å². The van der Waals surface area contributed by atoms with Gasteiger partial charge in [0.15, 0.2) is 0 Å². The minimum absolute atomic E-state index is 0.151. The highest BCUT2D eigenvalue weighted by atomic mass is 16.5. The molecule has 0 spiro atoms. The maximum atomic E-state index is 11.2. The Morgan fingerprint density at radius 3 is 2.46 bits per heavy atom. The maximum absolute atomic E-state index is 11.2. The summed E-state index contributed by atoms with van der Waals surface area (Å²) < 4.78 is 16.4. The van der Waals surface area contributed by atoms with Crippen molar-refractivity contribution in [1.82, 2.24) is 0 Å². The highest BCUT2D eigenvalue weighted by Gasteiger charge is 2.47. The van der Waals surface area contributed by atoms with Gasteiger partial charge in [-0.15, -0.1) is 0 Å². The van der Waals surface area contributed by atoms with Gasteiger partial charge in [0.1, 0.15) is 0 Å². The number of methoxy groups -OCH3 is 3. The molecule has 1 unspecified atom stereocenters. The van der Waals surface area contributed by atoms with Crippen molar-refractivity contribution in [3.05, 3.63) is 24.3 Å². The first-order chi connectivity index (χ1) is 13.6. The summed E-state index contributed by atoms with van der Waals surface area (Å²) in [6.07, 6.45) is 19.4. The fourth-order valence-electron chi connectivity index (χ4n) is 4.03. The highest BCUT2D eigenvalue weighted by molar-refractivity contribution is 5.69. The molecule has 1 saturated carbocycles. The fraction of sp³-hybridized carbons (Fsp3) is 0.783. The van der Waals surface area contributed by atoms with E-state index in [9.17, 15) is 4.79 Å². The lowest BCUT2D eigenvalue weighted by Gasteiger charge is -2.33. The van der Waals surface area contributed by atoms with Crippen LogP contribution < -0.4 is 0 Å². The predicted molar refractivity (Wildman–Crippen MR) is 112 cm³/mol. The van der Waals surface area contributed by atoms with E-state index in [-0.39, 0.29) is 23.6 Å². The number of hydrogen-bond acceptors (Lipinski definition) is 5. The van der Waals surface area contributed by atoms with Gasteiger partial charge in [0, 0.05) is 33.2 Å². The van der Waals surface area contributed by atoms with Crippen LogP contribution in [-0.4, -0.2) is 50.7 Å². The molecule has 0 bridgehead atoms. The minimum Gasteiger partial charge on any atom is -0.469 e. The Morgan fingerprint density at radius 1 is 1.04 bits per heavy atom. The summed E-state index contributed by atoms with van der Waals surface area (Å²) in [5, 5.41) is 8.84. The summed E-state index contributed by atoms with van der Waals surface area (Å²) in [5.74, 6) is 0.0988. The van der Waals surface area contributed by atoms with E-state index in [0.717, 1.165) is 64.2 Å². The molecule has 162 valence electrons. The van der Waals surface area contributed by atoms with Crippen LogP contribution in [0.15, 0.2) is 24.3 Å². The Morgan fingerprint density at radius 2 is 1.79 bits per heavy atom. The van der Waals surface area contributed by atoms with Crippen molar-refractivity contribution in [2.75, 3.05) is 27.9 Å². The van der Waals surface area contributed by atoms with E-state index in [1.807, 2.05) is 0 Å². The Kier molecular flexibility index (Phi) is 13.1. The molecule has 5 nitrogen and oxygen atoms in total. The first-order valence-electron chi connectivity index (χ1n) is 10.7. The van der Waals surface area contributed by atoms with Gasteiger partial charge in [-0.05, 0) is 51.4 Å². The Balaban J connectivity index is 2.54. The van der Waals surface area contributed by atoms with Gasteiger partial charge in [-0.25, -0.2) is 0 Å². The number of allylic oxidation sites excluding steroid dienone is 2. The zero-order valence-electron chi connectivity index (χ0n) is 18.0. The van der Waals surface area contributed by atoms with Gasteiger partial charge >= 0.3 is 5.97 Å². The van der Waals surface area contributed by atoms with Crippen LogP contribution in [0.3, 0.4) is 0 Å². The monoisotopic (exact) mass is 396 g/mol. The van der Waals surface area contributed by atoms with E-state index >= 15 is 0 Å². The van der Waals surface area contributed by atoms with E-state index in [0.29, 0.717) is 13.0 Å². The molecule has 0 amide bonds. The summed E-state index contributed by atoms with van der Waals surface area (Å²) in [7, 11) is 5.02. The van der Waals surface area contributed by atoms with Crippen LogP contribution in [0.2, 0.25) is 0 Å². The van der Waals surface area contributed by atoms with Gasteiger partial charge in [-0.2, -0.15) is 0 Å². The molecular weight excluding hydrogens is 356 g/mol. The molecule has 0 saturated heterocycles. The first-order valence-corrected chi connectivity index (χ1v) is 10.7. The van der Waals surface area contributed by atoms with E-state index < -0.39 is 0 Å². The van der Waals surface area contributed by atoms with Crippen molar-refractivity contribution in [2.24, 2.45) is 5.92 Å². The number of hydrogen-bond donors (Lipinski definition) is 1. The normalized spacial score (nSPS) is 25.1. The van der Waals surface area contributed by atoms with Gasteiger partial charge in [-0.1, -0.05) is 37.1 Å². The number of aliphatic hydroxyl groups is 1. The number of esters is 1. The zero-order valence-corrected chi connectivity index (χ0v) is 18.0. The summed E-state index contributed by atoms with van der Waals surface area (Å²) >= 11 is 0. The van der Waals surface area contributed by atoms with Crippen molar-refractivity contribution in [3.63, 3.8) is 0 Å². The third-order valence-corrected chi connectivity index (χ3v) is 5.80. The molecule has 0 aromatic carbocycles. The van der Waals surface area contributed by atoms with E-state index in [2.05, 4.69) is 29.0 Å². The molecule has 0 radical (unpaired) electrons. The largest absolute Gasteiger partial charge is 0.469 e. The van der Waals surface area contributed by atoms with Crippen LogP contribution >= 0.6 is 0 Å². The second kappa shape index (κ2) is 14.8. The van der Waals surface area contributed by atoms with Gasteiger partial charge in [-0.3, -0.25) is 4.79 Å². The van der Waals surface area contributed by atoms with Crippen molar-refractivity contribution >= 4 is 5.97 Å². The minimum atomic E-state index is -0.215. The molecule has 1 N–H and O–H groups in total. The van der Waals surface area contributed by atoms with Crippen LogP contribution in [0.4, 0.5) is 0 Å². The lowest BCUT2D eigenvalue weighted by Crippen LogP contribution is -2.38. The molecule has 0 heterocycles. The van der Waals surface area contributed by atoms with Crippen molar-refractivity contribution < 1.29 is 24.1 Å². The SMILES string of the molecule is COC(=O)CCCC=CCC1(OC)CC[C@H](OC)[C@H]1C=CCCCCCCO. The molecule has 3 atom stereocenters. The Bertz CT molecular complexity index is 474. The van der Waals surface area contributed by atoms with Gasteiger partial charge < -0.3 is 19.3 Å². The third-order valence-electron chi connectivity index (χ3n) is 5.80. The topological polar surface area (TPSA) is 65.0 Å². The molecular formula is C23H40O5. The highest BCUT2D eigenvalue weighted by Crippen LogP contribution is 2.43. The van der Waals surface area contributed by atoms with Crippen LogP contribution in [0.5, 0.6) is 0 Å². The number of rotatable bonds is 15. The second-order valence-corrected chi connectivity index (χ2v) is 7.61. The number of carbonyl (C=O) groups is 1. The zero-order chi connectivity index (χ0) is 20.7. The van der Waals surface area contributed by atoms with Gasteiger partial charge in [0.2, 0.25) is 0 Å². The molecule has 1 fully saturated rings. The van der Waals surface area contributed by atoms with Crippen LogP contribution in [-0.2, 0) is 19.0 Å². The second-order valence-electron chi connectivity index (χ2n) is 7.61. The van der Waals surface area contributed by atoms with Crippen LogP contribution in [0, 0.1) is 5.92 Å². The molecule has 28 heavy (non-hydrogen) atoms. The molecule has 0 aromatic rings.